The second kappa shape index (κ2) is 5.37. The summed E-state index contributed by atoms with van der Waals surface area (Å²) in [7, 11) is 0. The Labute approximate surface area is 132 Å². The minimum Gasteiger partial charge on any atom is -0.372 e. The van der Waals surface area contributed by atoms with Gasteiger partial charge in [-0.25, -0.2) is 0 Å². The number of aromatic nitrogens is 2. The normalized spacial score (nSPS) is 26.3. The van der Waals surface area contributed by atoms with Crippen LogP contribution in [-0.2, 0) is 10.3 Å². The third-order valence-corrected chi connectivity index (χ3v) is 4.29. The fourth-order valence-corrected chi connectivity index (χ4v) is 3.15. The molecule has 0 N–H and O–H groups in total. The minimum atomic E-state index is -0.193. The first-order valence-corrected chi connectivity index (χ1v) is 8.31. The highest BCUT2D eigenvalue weighted by Crippen LogP contribution is 2.40. The van der Waals surface area contributed by atoms with Gasteiger partial charge in [0.25, 0.3) is 5.91 Å². The van der Waals surface area contributed by atoms with E-state index in [0.29, 0.717) is 19.0 Å². The third-order valence-electron chi connectivity index (χ3n) is 4.29. The van der Waals surface area contributed by atoms with E-state index in [2.05, 4.69) is 20.8 Å². The number of hydrogen-bond donors (Lipinski definition) is 0. The van der Waals surface area contributed by atoms with Crippen LogP contribution in [0.2, 0.25) is 0 Å². The SMILES string of the molecule is C[C@@H]1CN(C(=O)c2cc(C3CC3)nn2C(C)(C)C)C[C@@H](C)O1. The van der Waals surface area contributed by atoms with Crippen LogP contribution in [-0.4, -0.2) is 45.9 Å². The average molecular weight is 305 g/mol. The first kappa shape index (κ1) is 15.5. The van der Waals surface area contributed by atoms with Crippen molar-refractivity contribution in [1.29, 1.82) is 0 Å². The van der Waals surface area contributed by atoms with Gasteiger partial charge in [-0.3, -0.25) is 9.48 Å². The van der Waals surface area contributed by atoms with Crippen molar-refractivity contribution in [3.8, 4) is 0 Å². The molecular formula is C17H27N3O2. The zero-order valence-corrected chi connectivity index (χ0v) is 14.3. The van der Waals surface area contributed by atoms with Gasteiger partial charge in [0.1, 0.15) is 5.69 Å². The molecule has 22 heavy (non-hydrogen) atoms. The van der Waals surface area contributed by atoms with Gasteiger partial charge in [0, 0.05) is 19.0 Å². The summed E-state index contributed by atoms with van der Waals surface area (Å²) in [5.41, 5.74) is 1.60. The third kappa shape index (κ3) is 3.05. The van der Waals surface area contributed by atoms with E-state index in [9.17, 15) is 4.79 Å². The Morgan fingerprint density at radius 3 is 2.32 bits per heavy atom. The predicted molar refractivity (Wildman–Crippen MR) is 85.1 cm³/mol. The number of nitrogens with zero attached hydrogens (tertiary/aromatic N) is 3. The lowest BCUT2D eigenvalue weighted by molar-refractivity contribution is -0.0589. The summed E-state index contributed by atoms with van der Waals surface area (Å²) < 4.78 is 7.65. The molecule has 2 atom stereocenters. The van der Waals surface area contributed by atoms with E-state index in [-0.39, 0.29) is 23.7 Å². The van der Waals surface area contributed by atoms with E-state index in [1.807, 2.05) is 29.5 Å². The van der Waals surface area contributed by atoms with Crippen LogP contribution in [0.15, 0.2) is 6.07 Å². The minimum absolute atomic E-state index is 0.0799. The number of carbonyl (C=O) groups excluding carboxylic acids is 1. The van der Waals surface area contributed by atoms with Gasteiger partial charge in [0.05, 0.1) is 23.4 Å². The molecule has 0 unspecified atom stereocenters. The van der Waals surface area contributed by atoms with Crippen LogP contribution in [0.4, 0.5) is 0 Å². The number of rotatable bonds is 2. The second-order valence-corrected chi connectivity index (χ2v) is 7.78. The Balaban J connectivity index is 1.90. The van der Waals surface area contributed by atoms with Gasteiger partial charge in [-0.1, -0.05) is 0 Å². The summed E-state index contributed by atoms with van der Waals surface area (Å²) in [6.45, 7) is 11.6. The lowest BCUT2D eigenvalue weighted by Crippen LogP contribution is -2.49. The lowest BCUT2D eigenvalue weighted by atomic mass is 10.1. The van der Waals surface area contributed by atoms with E-state index >= 15 is 0 Å². The molecule has 1 aliphatic heterocycles. The molecule has 1 saturated heterocycles. The summed E-state index contributed by atoms with van der Waals surface area (Å²) in [4.78, 5) is 14.9. The molecule has 122 valence electrons. The average Bonchev–Trinajstić information content (AvgIpc) is 3.14. The smallest absolute Gasteiger partial charge is 0.272 e. The number of ether oxygens (including phenoxy) is 1. The first-order chi connectivity index (χ1) is 10.3. The Morgan fingerprint density at radius 1 is 1.23 bits per heavy atom. The number of morpholine rings is 1. The van der Waals surface area contributed by atoms with Crippen LogP contribution in [0.3, 0.4) is 0 Å². The topological polar surface area (TPSA) is 47.4 Å². The van der Waals surface area contributed by atoms with Crippen molar-refractivity contribution < 1.29 is 9.53 Å². The molecule has 2 aliphatic rings. The predicted octanol–water partition coefficient (Wildman–Crippen LogP) is 2.76. The first-order valence-electron chi connectivity index (χ1n) is 8.31. The summed E-state index contributed by atoms with van der Waals surface area (Å²) >= 11 is 0. The van der Waals surface area contributed by atoms with Gasteiger partial charge in [-0.15, -0.1) is 0 Å². The molecule has 1 aromatic heterocycles. The maximum absolute atomic E-state index is 13.0. The number of amides is 1. The van der Waals surface area contributed by atoms with Crippen molar-refractivity contribution in [2.24, 2.45) is 0 Å². The van der Waals surface area contributed by atoms with Gasteiger partial charge in [-0.2, -0.15) is 5.10 Å². The summed E-state index contributed by atoms with van der Waals surface area (Å²) in [6, 6.07) is 2.01. The molecule has 2 heterocycles. The molecule has 1 aromatic rings. The zero-order chi connectivity index (χ0) is 16.1. The molecule has 0 radical (unpaired) electrons. The fourth-order valence-electron chi connectivity index (χ4n) is 3.15. The number of carbonyl (C=O) groups is 1. The maximum Gasteiger partial charge on any atom is 0.272 e. The molecule has 1 amide bonds. The zero-order valence-electron chi connectivity index (χ0n) is 14.3. The van der Waals surface area contributed by atoms with Crippen molar-refractivity contribution in [2.75, 3.05) is 13.1 Å². The molecule has 2 fully saturated rings. The van der Waals surface area contributed by atoms with Crippen molar-refractivity contribution in [1.82, 2.24) is 14.7 Å². The molecule has 0 bridgehead atoms. The molecule has 5 nitrogen and oxygen atoms in total. The highest BCUT2D eigenvalue weighted by Gasteiger charge is 2.34. The Hall–Kier alpha value is -1.36. The standard InChI is InChI=1S/C17H27N3O2/c1-11-9-19(10-12(2)22-11)16(21)15-8-14(13-6-7-13)18-20(15)17(3,4)5/h8,11-13H,6-7,9-10H2,1-5H3/t11-,12-/m1/s1. The molecule has 5 heteroatoms. The molecule has 0 aromatic carbocycles. The highest BCUT2D eigenvalue weighted by molar-refractivity contribution is 5.93. The lowest BCUT2D eigenvalue weighted by Gasteiger charge is -2.35. The largest absolute Gasteiger partial charge is 0.372 e. The molecule has 1 saturated carbocycles. The van der Waals surface area contributed by atoms with Gasteiger partial charge in [-0.05, 0) is 53.5 Å². The van der Waals surface area contributed by atoms with Crippen LogP contribution in [0.1, 0.15) is 69.6 Å². The van der Waals surface area contributed by atoms with Crippen LogP contribution in [0.5, 0.6) is 0 Å². The molecular weight excluding hydrogens is 278 g/mol. The van der Waals surface area contributed by atoms with Gasteiger partial charge < -0.3 is 9.64 Å². The summed E-state index contributed by atoms with van der Waals surface area (Å²) in [5, 5.41) is 4.74. The van der Waals surface area contributed by atoms with Crippen LogP contribution in [0.25, 0.3) is 0 Å². The van der Waals surface area contributed by atoms with E-state index < -0.39 is 0 Å². The Morgan fingerprint density at radius 2 is 1.82 bits per heavy atom. The summed E-state index contributed by atoms with van der Waals surface area (Å²) in [5.74, 6) is 0.633. The van der Waals surface area contributed by atoms with Gasteiger partial charge in [0.2, 0.25) is 0 Å². The Kier molecular flexibility index (Phi) is 3.79. The highest BCUT2D eigenvalue weighted by atomic mass is 16.5. The molecule has 1 aliphatic carbocycles. The maximum atomic E-state index is 13.0. The number of hydrogen-bond acceptors (Lipinski definition) is 3. The fraction of sp³-hybridized carbons (Fsp3) is 0.765. The van der Waals surface area contributed by atoms with Crippen molar-refractivity contribution in [3.63, 3.8) is 0 Å². The van der Waals surface area contributed by atoms with E-state index in [0.717, 1.165) is 11.4 Å². The van der Waals surface area contributed by atoms with Gasteiger partial charge in [0.15, 0.2) is 0 Å². The van der Waals surface area contributed by atoms with Crippen molar-refractivity contribution in [3.05, 3.63) is 17.5 Å². The van der Waals surface area contributed by atoms with E-state index in [4.69, 9.17) is 9.84 Å². The van der Waals surface area contributed by atoms with Crippen molar-refractivity contribution >= 4 is 5.91 Å². The Bertz CT molecular complexity index is 559. The molecule has 0 spiro atoms. The monoisotopic (exact) mass is 305 g/mol. The van der Waals surface area contributed by atoms with Gasteiger partial charge >= 0.3 is 0 Å². The summed E-state index contributed by atoms with van der Waals surface area (Å²) in [6.07, 6.45) is 2.56. The van der Waals surface area contributed by atoms with Crippen LogP contribution >= 0.6 is 0 Å². The van der Waals surface area contributed by atoms with E-state index in [1.54, 1.807) is 0 Å². The van der Waals surface area contributed by atoms with E-state index in [1.165, 1.54) is 12.8 Å². The van der Waals surface area contributed by atoms with Crippen LogP contribution in [0, 0.1) is 0 Å². The quantitative estimate of drug-likeness (QED) is 0.844. The second-order valence-electron chi connectivity index (χ2n) is 7.78. The molecule has 3 rings (SSSR count). The van der Waals surface area contributed by atoms with Crippen LogP contribution < -0.4 is 0 Å². The van der Waals surface area contributed by atoms with Crippen molar-refractivity contribution in [2.45, 2.75) is 71.1 Å².